The van der Waals surface area contributed by atoms with Gasteiger partial charge >= 0.3 is 5.97 Å². The van der Waals surface area contributed by atoms with Crippen LogP contribution in [-0.2, 0) is 9.59 Å². The largest absolute Gasteiger partial charge is 0.480 e. The highest BCUT2D eigenvalue weighted by Crippen LogP contribution is 2.39. The molecule has 0 aliphatic carbocycles. The number of allylic oxidation sites excluding steroid dienone is 2. The second-order valence-electron chi connectivity index (χ2n) is 10.7. The number of amides is 1. The summed E-state index contributed by atoms with van der Waals surface area (Å²) in [6.45, 7) is 2.69. The van der Waals surface area contributed by atoms with Crippen molar-refractivity contribution in [3.8, 4) is 5.75 Å². The Labute approximate surface area is 250 Å². The predicted octanol–water partition coefficient (Wildman–Crippen LogP) is 8.82. The molecule has 3 rings (SSSR count). The van der Waals surface area contributed by atoms with Crippen molar-refractivity contribution >= 4 is 45.9 Å². The van der Waals surface area contributed by atoms with Crippen molar-refractivity contribution in [2.45, 2.75) is 110 Å². The van der Waals surface area contributed by atoms with Crippen molar-refractivity contribution in [3.05, 3.63) is 47.2 Å². The Morgan fingerprint density at radius 3 is 1.98 bits per heavy atom. The summed E-state index contributed by atoms with van der Waals surface area (Å²) < 4.78 is 6.36. The number of thiocarbonyl (C=S) groups is 1. The van der Waals surface area contributed by atoms with Gasteiger partial charge < -0.3 is 14.7 Å². The number of carbonyl (C=O) groups excluding carboxylic acids is 1. The van der Waals surface area contributed by atoms with Gasteiger partial charge in [0.25, 0.3) is 5.91 Å². The van der Waals surface area contributed by atoms with Crippen molar-refractivity contribution < 1.29 is 19.4 Å². The van der Waals surface area contributed by atoms with E-state index in [1.807, 2.05) is 18.2 Å². The molecule has 0 atom stereocenters. The lowest BCUT2D eigenvalue weighted by Crippen LogP contribution is -2.33. The van der Waals surface area contributed by atoms with E-state index < -0.39 is 12.5 Å². The molecule has 8 heteroatoms. The van der Waals surface area contributed by atoms with E-state index in [0.717, 1.165) is 41.1 Å². The van der Waals surface area contributed by atoms with Gasteiger partial charge in [0, 0.05) is 12.6 Å². The average molecular weight is 587 g/mol. The molecule has 0 unspecified atom stereocenters. The van der Waals surface area contributed by atoms with E-state index in [4.69, 9.17) is 22.1 Å². The molecule has 2 aliphatic heterocycles. The third kappa shape index (κ3) is 10.6. The number of benzene rings is 1. The molecule has 0 bridgehead atoms. The van der Waals surface area contributed by atoms with Crippen LogP contribution in [0.25, 0.3) is 0 Å². The molecule has 2 aliphatic rings. The van der Waals surface area contributed by atoms with Crippen LogP contribution in [0, 0.1) is 0 Å². The number of thioether (sulfide) groups is 1. The predicted molar refractivity (Wildman–Crippen MR) is 170 cm³/mol. The first-order valence-electron chi connectivity index (χ1n) is 15.2. The second kappa shape index (κ2) is 18.2. The van der Waals surface area contributed by atoms with Crippen molar-refractivity contribution in [2.24, 2.45) is 0 Å². The molecule has 1 aromatic carbocycles. The van der Waals surface area contributed by atoms with E-state index in [-0.39, 0.29) is 10.2 Å². The van der Waals surface area contributed by atoms with Crippen LogP contribution < -0.4 is 9.64 Å². The van der Waals surface area contributed by atoms with Gasteiger partial charge in [-0.1, -0.05) is 139 Å². The number of anilines is 1. The highest BCUT2D eigenvalue weighted by atomic mass is 32.2. The van der Waals surface area contributed by atoms with Gasteiger partial charge in [0.05, 0.1) is 10.6 Å². The van der Waals surface area contributed by atoms with E-state index in [9.17, 15) is 9.59 Å². The van der Waals surface area contributed by atoms with Gasteiger partial charge in [-0.15, -0.1) is 0 Å². The summed E-state index contributed by atoms with van der Waals surface area (Å²) in [6, 6.07) is 7.95. The number of unbranched alkanes of at least 4 members (excludes halogenated alkanes) is 15. The molecule has 6 nitrogen and oxygen atoms in total. The van der Waals surface area contributed by atoms with Crippen LogP contribution in [0.2, 0.25) is 0 Å². The fourth-order valence-electron chi connectivity index (χ4n) is 5.16. The summed E-state index contributed by atoms with van der Waals surface area (Å²) in [7, 11) is 0. The topological polar surface area (TPSA) is 70.1 Å². The summed E-state index contributed by atoms with van der Waals surface area (Å²) in [5, 5.41) is 9.05. The molecule has 2 heterocycles. The highest BCUT2D eigenvalue weighted by molar-refractivity contribution is 8.26. The van der Waals surface area contributed by atoms with Crippen LogP contribution in [0.1, 0.15) is 110 Å². The second-order valence-corrected chi connectivity index (χ2v) is 12.4. The number of hydrogen-bond donors (Lipinski definition) is 1. The fourth-order valence-corrected chi connectivity index (χ4v) is 6.35. The number of carbonyl (C=O) groups is 2. The molecule has 40 heavy (non-hydrogen) atoms. The minimum Gasteiger partial charge on any atom is -0.480 e. The summed E-state index contributed by atoms with van der Waals surface area (Å²) in [6.07, 6.45) is 24.9. The van der Waals surface area contributed by atoms with Crippen LogP contribution in [0.3, 0.4) is 0 Å². The van der Waals surface area contributed by atoms with E-state index in [1.54, 1.807) is 12.2 Å². The lowest BCUT2D eigenvalue weighted by molar-refractivity contribution is -0.140. The number of carboxylic acid groups (broad SMARTS) is 1. The molecule has 1 fully saturated rings. The van der Waals surface area contributed by atoms with E-state index in [2.05, 4.69) is 17.9 Å². The zero-order chi connectivity index (χ0) is 28.6. The molecule has 1 N–H and O–H groups in total. The Bertz CT molecular complexity index is 1040. The van der Waals surface area contributed by atoms with Gasteiger partial charge in [0.1, 0.15) is 10.9 Å². The van der Waals surface area contributed by atoms with E-state index in [0.29, 0.717) is 10.8 Å². The maximum atomic E-state index is 12.6. The van der Waals surface area contributed by atoms with Crippen molar-refractivity contribution in [3.63, 3.8) is 0 Å². The summed E-state index contributed by atoms with van der Waals surface area (Å²) in [4.78, 5) is 27.3. The number of hydrogen-bond acceptors (Lipinski definition) is 6. The quantitative estimate of drug-likeness (QED) is 0.0930. The number of aliphatic carboxylic acids is 1. The first-order valence-corrected chi connectivity index (χ1v) is 16.5. The Hall–Kier alpha value is -2.32. The van der Waals surface area contributed by atoms with Crippen LogP contribution in [0.5, 0.6) is 5.75 Å². The minimum atomic E-state index is -1.09. The van der Waals surface area contributed by atoms with Gasteiger partial charge in [0.15, 0.2) is 5.75 Å². The normalized spacial score (nSPS) is 16.8. The maximum absolute atomic E-state index is 12.6. The van der Waals surface area contributed by atoms with Crippen LogP contribution in [0.4, 0.5) is 5.69 Å². The molecule has 1 saturated heterocycles. The Balaban J connectivity index is 1.35. The SMILES string of the molecule is CCCCCCCCCCCCCCCCCCN1/C(=C/C=C2/SC(=S)N(CC(=O)O)C2=O)Oc2ccccc21. The van der Waals surface area contributed by atoms with Gasteiger partial charge in [-0.05, 0) is 24.6 Å². The smallest absolute Gasteiger partial charge is 0.323 e. The first kappa shape index (κ1) is 32.2. The molecule has 1 amide bonds. The standard InChI is InChI=1S/C32H46N2O4S2/c1-2-3-4-5-6-7-8-9-10-11-12-13-14-15-16-19-24-33-26-20-17-18-21-27(26)38-29(33)23-22-28-31(37)34(25-30(35)36)32(39)40-28/h17-18,20-23H,2-16,19,24-25H2,1H3,(H,35,36)/b28-22+,29-23-. The number of para-hydroxylation sites is 2. The van der Waals surface area contributed by atoms with Crippen LogP contribution >= 0.6 is 24.0 Å². The molecule has 0 radical (unpaired) electrons. The molecule has 0 spiro atoms. The van der Waals surface area contributed by atoms with Gasteiger partial charge in [-0.25, -0.2) is 0 Å². The zero-order valence-electron chi connectivity index (χ0n) is 24.1. The number of carboxylic acids is 1. The Morgan fingerprint density at radius 1 is 0.850 bits per heavy atom. The van der Waals surface area contributed by atoms with Gasteiger partial charge in [-0.2, -0.15) is 0 Å². The van der Waals surface area contributed by atoms with Crippen molar-refractivity contribution in [1.82, 2.24) is 4.90 Å². The van der Waals surface area contributed by atoms with Crippen LogP contribution in [0.15, 0.2) is 47.2 Å². The average Bonchev–Trinajstić information content (AvgIpc) is 3.42. The lowest BCUT2D eigenvalue weighted by atomic mass is 10.0. The number of nitrogens with zero attached hydrogens (tertiary/aromatic N) is 2. The van der Waals surface area contributed by atoms with Gasteiger partial charge in [0.2, 0.25) is 5.88 Å². The minimum absolute atomic E-state index is 0.262. The molecular formula is C32H46N2O4S2. The van der Waals surface area contributed by atoms with Crippen molar-refractivity contribution in [2.75, 3.05) is 18.0 Å². The molecule has 0 aromatic heterocycles. The van der Waals surface area contributed by atoms with E-state index >= 15 is 0 Å². The Kier molecular flexibility index (Phi) is 14.6. The third-order valence-corrected chi connectivity index (χ3v) is 8.81. The number of fused-ring (bicyclic) bond motifs is 1. The third-order valence-electron chi connectivity index (χ3n) is 7.42. The summed E-state index contributed by atoms with van der Waals surface area (Å²) in [5.41, 5.74) is 1.03. The highest BCUT2D eigenvalue weighted by Gasteiger charge is 2.33. The summed E-state index contributed by atoms with van der Waals surface area (Å²) >= 11 is 6.31. The van der Waals surface area contributed by atoms with E-state index in [1.165, 1.54) is 96.3 Å². The zero-order valence-corrected chi connectivity index (χ0v) is 25.7. The molecule has 0 saturated carbocycles. The fraction of sp³-hybridized carbons (Fsp3) is 0.594. The molecule has 1 aromatic rings. The van der Waals surface area contributed by atoms with Crippen LogP contribution in [-0.4, -0.2) is 39.3 Å². The number of ether oxygens (including phenoxy) is 1. The summed E-state index contributed by atoms with van der Waals surface area (Å²) in [5.74, 6) is 0.00676. The molecule has 220 valence electrons. The molecular weight excluding hydrogens is 540 g/mol. The lowest BCUT2D eigenvalue weighted by Gasteiger charge is -2.18. The number of rotatable bonds is 20. The van der Waals surface area contributed by atoms with Crippen molar-refractivity contribution in [1.29, 1.82) is 0 Å². The Morgan fingerprint density at radius 2 is 1.40 bits per heavy atom. The van der Waals surface area contributed by atoms with Gasteiger partial charge in [-0.3, -0.25) is 14.5 Å². The first-order chi connectivity index (χ1) is 19.5. The maximum Gasteiger partial charge on any atom is 0.323 e. The monoisotopic (exact) mass is 586 g/mol.